The minimum atomic E-state index is -0.376. The third-order valence-electron chi connectivity index (χ3n) is 3.43. The standard InChI is InChI=1S/C11H18INO3/c1-2-3-4-8-9(12)10-7(14)5-6-13(10)11(15)16-8/h7-10,14H,2-6H2,1H3/t7-,8-,9-,10+/m0/s1. The van der Waals surface area contributed by atoms with Gasteiger partial charge in [-0.05, 0) is 12.8 Å². The van der Waals surface area contributed by atoms with Gasteiger partial charge in [-0.15, -0.1) is 0 Å². The van der Waals surface area contributed by atoms with Gasteiger partial charge in [-0.2, -0.15) is 0 Å². The van der Waals surface area contributed by atoms with Gasteiger partial charge in [0.1, 0.15) is 6.10 Å². The van der Waals surface area contributed by atoms with E-state index in [0.29, 0.717) is 13.0 Å². The van der Waals surface area contributed by atoms with Crippen LogP contribution in [-0.4, -0.2) is 44.8 Å². The molecule has 1 N–H and O–H groups in total. The number of aliphatic hydroxyl groups excluding tert-OH is 1. The predicted molar refractivity (Wildman–Crippen MR) is 68.7 cm³/mol. The number of rotatable bonds is 3. The van der Waals surface area contributed by atoms with E-state index in [2.05, 4.69) is 29.5 Å². The Kier molecular flexibility index (Phi) is 3.94. The van der Waals surface area contributed by atoms with Crippen molar-refractivity contribution in [2.24, 2.45) is 0 Å². The molecule has 0 aromatic carbocycles. The lowest BCUT2D eigenvalue weighted by atomic mass is 9.99. The maximum absolute atomic E-state index is 11.7. The second kappa shape index (κ2) is 5.08. The van der Waals surface area contributed by atoms with Crippen LogP contribution >= 0.6 is 22.6 Å². The van der Waals surface area contributed by atoms with Crippen LogP contribution in [0, 0.1) is 0 Å². The number of hydrogen-bond donors (Lipinski definition) is 1. The van der Waals surface area contributed by atoms with E-state index in [4.69, 9.17) is 4.74 Å². The molecule has 4 nitrogen and oxygen atoms in total. The fourth-order valence-electron chi connectivity index (χ4n) is 2.50. The van der Waals surface area contributed by atoms with Crippen LogP contribution in [0.25, 0.3) is 0 Å². The van der Waals surface area contributed by atoms with Crippen molar-refractivity contribution in [2.75, 3.05) is 6.54 Å². The summed E-state index contributed by atoms with van der Waals surface area (Å²) >= 11 is 2.32. The number of aliphatic hydroxyl groups is 1. The number of amides is 1. The number of nitrogens with zero attached hydrogens (tertiary/aromatic N) is 1. The zero-order valence-electron chi connectivity index (χ0n) is 9.43. The molecule has 2 aliphatic heterocycles. The van der Waals surface area contributed by atoms with Gasteiger partial charge in [0.2, 0.25) is 0 Å². The normalized spacial score (nSPS) is 38.4. The Bertz CT molecular complexity index is 274. The van der Waals surface area contributed by atoms with Gasteiger partial charge in [0.05, 0.1) is 16.1 Å². The maximum Gasteiger partial charge on any atom is 0.410 e. The molecule has 2 aliphatic rings. The molecule has 2 saturated heterocycles. The zero-order valence-corrected chi connectivity index (χ0v) is 11.6. The van der Waals surface area contributed by atoms with Gasteiger partial charge >= 0.3 is 6.09 Å². The van der Waals surface area contributed by atoms with Crippen molar-refractivity contribution in [2.45, 2.75) is 54.8 Å². The molecule has 92 valence electrons. The number of cyclic esters (lactones) is 1. The van der Waals surface area contributed by atoms with E-state index in [0.717, 1.165) is 19.3 Å². The zero-order chi connectivity index (χ0) is 11.7. The van der Waals surface area contributed by atoms with Crippen molar-refractivity contribution in [1.82, 2.24) is 4.90 Å². The molecule has 0 bridgehead atoms. The number of hydrogen-bond acceptors (Lipinski definition) is 3. The molecule has 16 heavy (non-hydrogen) atoms. The van der Waals surface area contributed by atoms with E-state index in [9.17, 15) is 9.90 Å². The van der Waals surface area contributed by atoms with Gasteiger partial charge in [0.15, 0.2) is 0 Å². The fourth-order valence-corrected chi connectivity index (χ4v) is 3.88. The lowest BCUT2D eigenvalue weighted by molar-refractivity contribution is -0.00411. The summed E-state index contributed by atoms with van der Waals surface area (Å²) in [5, 5.41) is 9.90. The molecule has 0 radical (unpaired) electrons. The average Bonchev–Trinajstić information content (AvgIpc) is 2.64. The molecule has 1 amide bonds. The van der Waals surface area contributed by atoms with Crippen LogP contribution in [0.3, 0.4) is 0 Å². The van der Waals surface area contributed by atoms with Crippen LogP contribution in [0.1, 0.15) is 32.6 Å². The third kappa shape index (κ3) is 2.16. The van der Waals surface area contributed by atoms with Crippen LogP contribution in [-0.2, 0) is 4.74 Å². The van der Waals surface area contributed by atoms with E-state index >= 15 is 0 Å². The molecule has 0 aromatic heterocycles. The number of alkyl halides is 1. The molecule has 2 fully saturated rings. The van der Waals surface area contributed by atoms with Crippen molar-refractivity contribution < 1.29 is 14.6 Å². The van der Waals surface area contributed by atoms with Crippen LogP contribution < -0.4 is 0 Å². The van der Waals surface area contributed by atoms with E-state index < -0.39 is 0 Å². The Morgan fingerprint density at radius 1 is 1.62 bits per heavy atom. The SMILES string of the molecule is CCCC[C@@H]1OC(=O)N2CC[C@H](O)[C@@H]2[C@H]1I. The highest BCUT2D eigenvalue weighted by molar-refractivity contribution is 14.1. The van der Waals surface area contributed by atoms with Crippen molar-refractivity contribution in [3.63, 3.8) is 0 Å². The average molecular weight is 339 g/mol. The lowest BCUT2D eigenvalue weighted by Gasteiger charge is -2.39. The molecular weight excluding hydrogens is 321 g/mol. The highest BCUT2D eigenvalue weighted by Crippen LogP contribution is 2.34. The largest absolute Gasteiger partial charge is 0.445 e. The van der Waals surface area contributed by atoms with Crippen molar-refractivity contribution in [3.05, 3.63) is 0 Å². The fraction of sp³-hybridized carbons (Fsp3) is 0.909. The van der Waals surface area contributed by atoms with E-state index in [1.165, 1.54) is 0 Å². The van der Waals surface area contributed by atoms with Gasteiger partial charge < -0.3 is 14.7 Å². The number of carbonyl (C=O) groups is 1. The summed E-state index contributed by atoms with van der Waals surface area (Å²) < 4.78 is 5.64. The number of halogens is 1. The Balaban J connectivity index is 2.06. The predicted octanol–water partition coefficient (Wildman–Crippen LogP) is 1.93. The first-order valence-corrected chi connectivity index (χ1v) is 7.19. The Morgan fingerprint density at radius 3 is 3.06 bits per heavy atom. The quantitative estimate of drug-likeness (QED) is 0.632. The van der Waals surface area contributed by atoms with E-state index in [-0.39, 0.29) is 28.3 Å². The van der Waals surface area contributed by atoms with E-state index in [1.807, 2.05) is 0 Å². The smallest absolute Gasteiger partial charge is 0.410 e. The van der Waals surface area contributed by atoms with Crippen LogP contribution in [0.2, 0.25) is 0 Å². The van der Waals surface area contributed by atoms with Crippen LogP contribution in [0.15, 0.2) is 0 Å². The minimum Gasteiger partial charge on any atom is -0.445 e. The van der Waals surface area contributed by atoms with Gasteiger partial charge in [0.25, 0.3) is 0 Å². The Morgan fingerprint density at radius 2 is 2.38 bits per heavy atom. The maximum atomic E-state index is 11.7. The molecule has 0 aliphatic carbocycles. The summed E-state index contributed by atoms with van der Waals surface area (Å²) in [6.07, 6.45) is 3.12. The van der Waals surface area contributed by atoms with Gasteiger partial charge in [-0.3, -0.25) is 0 Å². The second-order valence-electron chi connectivity index (χ2n) is 4.55. The molecule has 0 aromatic rings. The second-order valence-corrected chi connectivity index (χ2v) is 5.99. The summed E-state index contributed by atoms with van der Waals surface area (Å²) in [6.45, 7) is 2.76. The molecule has 4 atom stereocenters. The third-order valence-corrected chi connectivity index (χ3v) is 4.97. The summed E-state index contributed by atoms with van der Waals surface area (Å²) in [6, 6.07) is -0.0382. The molecule has 0 saturated carbocycles. The first kappa shape index (κ1) is 12.4. The Labute approximate surface area is 109 Å². The van der Waals surface area contributed by atoms with E-state index in [1.54, 1.807) is 4.90 Å². The monoisotopic (exact) mass is 339 g/mol. The van der Waals surface area contributed by atoms with Crippen LogP contribution in [0.4, 0.5) is 4.79 Å². The number of fused-ring (bicyclic) bond motifs is 1. The lowest BCUT2D eigenvalue weighted by Crippen LogP contribution is -2.55. The molecule has 0 unspecified atom stereocenters. The summed E-state index contributed by atoms with van der Waals surface area (Å²) in [5.41, 5.74) is 0. The molecule has 2 rings (SSSR count). The summed E-state index contributed by atoms with van der Waals surface area (Å²) in [4.78, 5) is 13.4. The highest BCUT2D eigenvalue weighted by Gasteiger charge is 2.48. The van der Waals surface area contributed by atoms with Crippen LogP contribution in [0.5, 0.6) is 0 Å². The van der Waals surface area contributed by atoms with Crippen molar-refractivity contribution in [1.29, 1.82) is 0 Å². The highest BCUT2D eigenvalue weighted by atomic mass is 127. The van der Waals surface area contributed by atoms with Crippen molar-refractivity contribution >= 4 is 28.7 Å². The Hall–Kier alpha value is -0.0400. The van der Waals surface area contributed by atoms with Gasteiger partial charge in [-0.1, -0.05) is 42.4 Å². The molecule has 2 heterocycles. The number of unbranched alkanes of at least 4 members (excludes halogenated alkanes) is 1. The number of carbonyl (C=O) groups excluding carboxylic acids is 1. The molecule has 0 spiro atoms. The first-order valence-electron chi connectivity index (χ1n) is 5.94. The summed E-state index contributed by atoms with van der Waals surface area (Å²) in [5.74, 6) is 0. The topological polar surface area (TPSA) is 49.8 Å². The van der Waals surface area contributed by atoms with Gasteiger partial charge in [-0.25, -0.2) is 4.79 Å². The summed E-state index contributed by atoms with van der Waals surface area (Å²) in [7, 11) is 0. The first-order chi connectivity index (χ1) is 7.65. The molecular formula is C11H18INO3. The molecule has 5 heteroatoms. The van der Waals surface area contributed by atoms with Gasteiger partial charge in [0, 0.05) is 6.54 Å². The van der Waals surface area contributed by atoms with Crippen molar-refractivity contribution in [3.8, 4) is 0 Å². The number of ether oxygens (including phenoxy) is 1. The minimum absolute atomic E-state index is 0.0259.